The summed E-state index contributed by atoms with van der Waals surface area (Å²) >= 11 is 9.24. The predicted molar refractivity (Wildman–Crippen MR) is 130 cm³/mol. The van der Waals surface area contributed by atoms with Crippen LogP contribution in [0.4, 0.5) is 15.9 Å². The van der Waals surface area contributed by atoms with Crippen molar-refractivity contribution in [2.45, 2.75) is 12.1 Å². The fraction of sp³-hybridized carbons (Fsp3) is 0.391. The number of anilines is 2. The van der Waals surface area contributed by atoms with Crippen molar-refractivity contribution in [1.29, 1.82) is 0 Å². The zero-order valence-corrected chi connectivity index (χ0v) is 20.7. The minimum atomic E-state index is -0.579. The average molecular weight is 554 g/mol. The van der Waals surface area contributed by atoms with E-state index < -0.39 is 5.82 Å². The van der Waals surface area contributed by atoms with Gasteiger partial charge in [0.2, 0.25) is 0 Å². The fourth-order valence-electron chi connectivity index (χ4n) is 4.11. The predicted octanol–water partition coefficient (Wildman–Crippen LogP) is 4.42. The quantitative estimate of drug-likeness (QED) is 0.450. The number of nitrogens with zero attached hydrogens (tertiary/aromatic N) is 3. The molecule has 0 aliphatic carbocycles. The molecule has 0 spiro atoms. The van der Waals surface area contributed by atoms with E-state index in [2.05, 4.69) is 36.1 Å². The van der Waals surface area contributed by atoms with E-state index in [9.17, 15) is 4.39 Å². The van der Waals surface area contributed by atoms with Crippen molar-refractivity contribution < 1.29 is 23.3 Å². The molecule has 1 aromatic heterocycles. The van der Waals surface area contributed by atoms with Crippen LogP contribution in [0.1, 0.15) is 0 Å². The van der Waals surface area contributed by atoms with E-state index in [-0.39, 0.29) is 16.8 Å². The lowest BCUT2D eigenvalue weighted by molar-refractivity contribution is -0.124. The molecule has 5 rings (SSSR count). The number of aromatic nitrogens is 2. The van der Waals surface area contributed by atoms with Crippen LogP contribution in [0.2, 0.25) is 5.02 Å². The average Bonchev–Trinajstić information content (AvgIpc) is 2.87. The Balaban J connectivity index is 1.36. The van der Waals surface area contributed by atoms with Crippen LogP contribution in [0.3, 0.4) is 0 Å². The molecule has 2 aromatic carbocycles. The SMILES string of the molecule is COc1cc2c(Nc3ccc(Br)c(Cl)c3F)ncnc2cc1OC[C@@H]1CN2CCOC[C@H]2CO1. The van der Waals surface area contributed by atoms with Gasteiger partial charge < -0.3 is 24.3 Å². The van der Waals surface area contributed by atoms with Gasteiger partial charge in [0, 0.05) is 29.0 Å². The molecule has 8 nitrogen and oxygen atoms in total. The van der Waals surface area contributed by atoms with E-state index in [0.29, 0.717) is 58.6 Å². The van der Waals surface area contributed by atoms with Gasteiger partial charge in [-0.3, -0.25) is 4.90 Å². The Morgan fingerprint density at radius 1 is 1.26 bits per heavy atom. The summed E-state index contributed by atoms with van der Waals surface area (Å²) in [4.78, 5) is 11.0. The maximum Gasteiger partial charge on any atom is 0.166 e. The summed E-state index contributed by atoms with van der Waals surface area (Å²) in [6.45, 7) is 4.15. The number of hydrogen-bond donors (Lipinski definition) is 1. The van der Waals surface area contributed by atoms with Crippen LogP contribution in [0, 0.1) is 5.82 Å². The molecule has 34 heavy (non-hydrogen) atoms. The summed E-state index contributed by atoms with van der Waals surface area (Å²) < 4.78 is 38.2. The largest absolute Gasteiger partial charge is 0.493 e. The highest BCUT2D eigenvalue weighted by atomic mass is 79.9. The number of hydrogen-bond acceptors (Lipinski definition) is 8. The Hall–Kier alpha value is -2.24. The molecule has 2 saturated heterocycles. The van der Waals surface area contributed by atoms with Crippen molar-refractivity contribution in [3.8, 4) is 11.5 Å². The molecule has 11 heteroatoms. The molecule has 2 aliphatic heterocycles. The molecule has 0 bridgehead atoms. The molecule has 0 amide bonds. The highest BCUT2D eigenvalue weighted by Crippen LogP contribution is 2.36. The number of ether oxygens (including phenoxy) is 4. The maximum absolute atomic E-state index is 14.6. The van der Waals surface area contributed by atoms with Crippen molar-refractivity contribution in [2.75, 3.05) is 51.9 Å². The molecule has 2 aliphatic rings. The fourth-order valence-corrected chi connectivity index (χ4v) is 4.58. The lowest BCUT2D eigenvalue weighted by atomic mass is 10.1. The third-order valence-corrected chi connectivity index (χ3v) is 7.20. The first-order valence-corrected chi connectivity index (χ1v) is 12.0. The van der Waals surface area contributed by atoms with Crippen molar-refractivity contribution in [1.82, 2.24) is 14.9 Å². The van der Waals surface area contributed by atoms with Crippen molar-refractivity contribution >= 4 is 49.9 Å². The molecular formula is C23H23BrClFN4O4. The Morgan fingerprint density at radius 3 is 3.00 bits per heavy atom. The van der Waals surface area contributed by atoms with Gasteiger partial charge in [-0.25, -0.2) is 14.4 Å². The normalized spacial score (nSPS) is 20.7. The zero-order valence-electron chi connectivity index (χ0n) is 18.4. The van der Waals surface area contributed by atoms with Gasteiger partial charge >= 0.3 is 0 Å². The van der Waals surface area contributed by atoms with Gasteiger partial charge in [-0.1, -0.05) is 11.6 Å². The molecule has 0 unspecified atom stereocenters. The smallest absolute Gasteiger partial charge is 0.166 e. The molecule has 2 fully saturated rings. The van der Waals surface area contributed by atoms with E-state index in [1.165, 1.54) is 6.33 Å². The number of nitrogens with one attached hydrogen (secondary N) is 1. The Bertz CT molecular complexity index is 1200. The highest BCUT2D eigenvalue weighted by molar-refractivity contribution is 9.10. The van der Waals surface area contributed by atoms with E-state index in [1.54, 1.807) is 31.4 Å². The summed E-state index contributed by atoms with van der Waals surface area (Å²) in [5.74, 6) is 0.899. The van der Waals surface area contributed by atoms with Crippen LogP contribution in [0.15, 0.2) is 35.1 Å². The zero-order chi connectivity index (χ0) is 23.7. The van der Waals surface area contributed by atoms with Gasteiger partial charge in [0.05, 0.1) is 49.2 Å². The van der Waals surface area contributed by atoms with E-state index in [1.807, 2.05) is 0 Å². The third-order valence-electron chi connectivity index (χ3n) is 5.95. The third kappa shape index (κ3) is 4.78. The van der Waals surface area contributed by atoms with Crippen molar-refractivity contribution in [3.05, 3.63) is 45.9 Å². The van der Waals surface area contributed by atoms with Gasteiger partial charge in [0.15, 0.2) is 17.3 Å². The summed E-state index contributed by atoms with van der Waals surface area (Å²) in [7, 11) is 1.56. The van der Waals surface area contributed by atoms with Gasteiger partial charge in [-0.15, -0.1) is 0 Å². The van der Waals surface area contributed by atoms with Gasteiger partial charge in [-0.2, -0.15) is 0 Å². The lowest BCUT2D eigenvalue weighted by Crippen LogP contribution is -2.56. The number of halogens is 3. The van der Waals surface area contributed by atoms with Crippen molar-refractivity contribution in [2.24, 2.45) is 0 Å². The minimum absolute atomic E-state index is 0.00930. The Labute approximate surface area is 209 Å². The number of benzene rings is 2. The first kappa shape index (κ1) is 23.5. The molecular weight excluding hydrogens is 531 g/mol. The second kappa shape index (κ2) is 10.2. The van der Waals surface area contributed by atoms with Gasteiger partial charge in [-0.05, 0) is 34.1 Å². The summed E-state index contributed by atoms with van der Waals surface area (Å²) in [5, 5.41) is 3.64. The lowest BCUT2D eigenvalue weighted by Gasteiger charge is -2.41. The van der Waals surface area contributed by atoms with Crippen LogP contribution in [0.25, 0.3) is 10.9 Å². The number of fused-ring (bicyclic) bond motifs is 2. The summed E-state index contributed by atoms with van der Waals surface area (Å²) in [6.07, 6.45) is 1.35. The monoisotopic (exact) mass is 552 g/mol. The first-order chi connectivity index (χ1) is 16.5. The molecule has 3 aromatic rings. The van der Waals surface area contributed by atoms with Crippen LogP contribution in [-0.4, -0.2) is 73.6 Å². The second-order valence-electron chi connectivity index (χ2n) is 8.08. The van der Waals surface area contributed by atoms with Crippen LogP contribution in [-0.2, 0) is 9.47 Å². The minimum Gasteiger partial charge on any atom is -0.493 e. The van der Waals surface area contributed by atoms with E-state index in [0.717, 1.165) is 19.7 Å². The summed E-state index contributed by atoms with van der Waals surface area (Å²) in [5.41, 5.74) is 0.818. The van der Waals surface area contributed by atoms with Gasteiger partial charge in [0.25, 0.3) is 0 Å². The molecule has 180 valence electrons. The second-order valence-corrected chi connectivity index (χ2v) is 9.31. The molecule has 0 radical (unpaired) electrons. The highest BCUT2D eigenvalue weighted by Gasteiger charge is 2.31. The van der Waals surface area contributed by atoms with Crippen LogP contribution >= 0.6 is 27.5 Å². The van der Waals surface area contributed by atoms with Crippen molar-refractivity contribution in [3.63, 3.8) is 0 Å². The topological polar surface area (TPSA) is 78.0 Å². The van der Waals surface area contributed by atoms with E-state index >= 15 is 0 Å². The number of rotatable bonds is 6. The van der Waals surface area contributed by atoms with Gasteiger partial charge in [0.1, 0.15) is 24.9 Å². The molecule has 2 atom stereocenters. The molecule has 3 heterocycles. The van der Waals surface area contributed by atoms with E-state index in [4.69, 9.17) is 30.5 Å². The Kier molecular flexibility index (Phi) is 7.03. The number of morpholine rings is 2. The summed E-state index contributed by atoms with van der Waals surface area (Å²) in [6, 6.07) is 7.11. The Morgan fingerprint density at radius 2 is 2.15 bits per heavy atom. The molecule has 1 N–H and O–H groups in total. The molecule has 0 saturated carbocycles. The van der Waals surface area contributed by atoms with Crippen LogP contribution < -0.4 is 14.8 Å². The van der Waals surface area contributed by atoms with Crippen LogP contribution in [0.5, 0.6) is 11.5 Å². The standard InChI is InChI=1S/C23H23BrClFN4O4/c1-31-19-6-15-18(27-12-28-23(15)29-17-3-2-16(24)21(25)22(17)26)7-20(19)34-11-14-8-30-4-5-32-9-13(30)10-33-14/h2-3,6-7,12-14H,4-5,8-11H2,1H3,(H,27,28,29)/t13-,14-/m0/s1. The maximum atomic E-state index is 14.6. The first-order valence-electron chi connectivity index (χ1n) is 10.8. The number of methoxy groups -OCH3 is 1.